The minimum absolute atomic E-state index is 0.00372. The number of aromatic nitrogens is 2. The molecule has 0 aliphatic rings. The Balaban J connectivity index is 1.69. The quantitative estimate of drug-likeness (QED) is 0.551. The summed E-state index contributed by atoms with van der Waals surface area (Å²) in [4.78, 5) is 19.0. The molecule has 2 N–H and O–H groups in total. The lowest BCUT2D eigenvalue weighted by molar-refractivity contribution is -0.137. The number of aromatic amines is 1. The lowest BCUT2D eigenvalue weighted by atomic mass is 9.90. The van der Waals surface area contributed by atoms with Crippen LogP contribution in [-0.4, -0.2) is 21.0 Å². The molecule has 130 valence electrons. The SMILES string of the molecule is O=C(O)CC(Cc1nc2ccc(F)cc2[nH]1)c1ccc2ccccc2c1. The molecule has 0 aliphatic carbocycles. The number of nitrogens with zero attached hydrogens (tertiary/aromatic N) is 1. The van der Waals surface area contributed by atoms with Gasteiger partial charge in [0.1, 0.15) is 11.6 Å². The molecule has 1 heterocycles. The topological polar surface area (TPSA) is 66.0 Å². The van der Waals surface area contributed by atoms with Gasteiger partial charge in [0, 0.05) is 12.3 Å². The van der Waals surface area contributed by atoms with E-state index in [4.69, 9.17) is 0 Å². The zero-order chi connectivity index (χ0) is 18.1. The molecular formula is C21H17FN2O2. The fourth-order valence-corrected chi connectivity index (χ4v) is 3.35. The maximum absolute atomic E-state index is 13.4. The van der Waals surface area contributed by atoms with Crippen molar-refractivity contribution < 1.29 is 14.3 Å². The highest BCUT2D eigenvalue weighted by Crippen LogP contribution is 2.28. The van der Waals surface area contributed by atoms with Gasteiger partial charge in [-0.3, -0.25) is 4.79 Å². The molecule has 0 fully saturated rings. The molecule has 1 aromatic heterocycles. The van der Waals surface area contributed by atoms with E-state index in [2.05, 4.69) is 9.97 Å². The van der Waals surface area contributed by atoms with E-state index in [-0.39, 0.29) is 18.2 Å². The average molecular weight is 348 g/mol. The number of H-pyrrole nitrogens is 1. The van der Waals surface area contributed by atoms with Crippen molar-refractivity contribution in [3.8, 4) is 0 Å². The number of nitrogens with one attached hydrogen (secondary N) is 1. The Morgan fingerprint density at radius 1 is 1.08 bits per heavy atom. The summed E-state index contributed by atoms with van der Waals surface area (Å²) >= 11 is 0. The number of rotatable bonds is 5. The van der Waals surface area contributed by atoms with Gasteiger partial charge in [0.2, 0.25) is 0 Å². The van der Waals surface area contributed by atoms with Crippen molar-refractivity contribution in [3.63, 3.8) is 0 Å². The molecule has 26 heavy (non-hydrogen) atoms. The third kappa shape index (κ3) is 3.28. The number of hydrogen-bond donors (Lipinski definition) is 2. The molecule has 0 amide bonds. The van der Waals surface area contributed by atoms with Crippen LogP contribution in [0.25, 0.3) is 21.8 Å². The Hall–Kier alpha value is -3.21. The maximum Gasteiger partial charge on any atom is 0.303 e. The van der Waals surface area contributed by atoms with Gasteiger partial charge in [-0.15, -0.1) is 0 Å². The van der Waals surface area contributed by atoms with Crippen molar-refractivity contribution in [2.75, 3.05) is 0 Å². The van der Waals surface area contributed by atoms with Crippen LogP contribution < -0.4 is 0 Å². The number of hydrogen-bond acceptors (Lipinski definition) is 2. The molecule has 0 radical (unpaired) electrons. The second-order valence-corrected chi connectivity index (χ2v) is 6.45. The molecule has 4 rings (SSSR count). The molecule has 1 atom stereocenters. The summed E-state index contributed by atoms with van der Waals surface area (Å²) in [5.74, 6) is -0.748. The van der Waals surface area contributed by atoms with Gasteiger partial charge in [0.15, 0.2) is 0 Å². The second-order valence-electron chi connectivity index (χ2n) is 6.45. The first-order chi connectivity index (χ1) is 12.6. The molecule has 3 aromatic carbocycles. The summed E-state index contributed by atoms with van der Waals surface area (Å²) < 4.78 is 13.4. The maximum atomic E-state index is 13.4. The standard InChI is InChI=1S/C21H17FN2O2/c22-17-7-8-18-19(12-17)24-20(23-18)10-16(11-21(25)26)15-6-5-13-3-1-2-4-14(13)9-15/h1-9,12,16H,10-11H2,(H,23,24)(H,25,26). The van der Waals surface area contributed by atoms with Crippen LogP contribution in [0.3, 0.4) is 0 Å². The molecule has 0 saturated carbocycles. The van der Waals surface area contributed by atoms with Gasteiger partial charge in [-0.25, -0.2) is 9.37 Å². The van der Waals surface area contributed by atoms with Gasteiger partial charge in [-0.2, -0.15) is 0 Å². The summed E-state index contributed by atoms with van der Waals surface area (Å²) in [6.45, 7) is 0. The number of imidazole rings is 1. The van der Waals surface area contributed by atoms with Gasteiger partial charge >= 0.3 is 5.97 Å². The second kappa shape index (κ2) is 6.59. The lowest BCUT2D eigenvalue weighted by Gasteiger charge is -2.15. The predicted octanol–water partition coefficient (Wildman–Crippen LogP) is 4.66. The third-order valence-electron chi connectivity index (χ3n) is 4.60. The van der Waals surface area contributed by atoms with Crippen LogP contribution >= 0.6 is 0 Å². The van der Waals surface area contributed by atoms with Crippen LogP contribution in [0.1, 0.15) is 23.7 Å². The van der Waals surface area contributed by atoms with E-state index in [0.717, 1.165) is 16.3 Å². The smallest absolute Gasteiger partial charge is 0.303 e. The number of carboxylic acid groups (broad SMARTS) is 1. The van der Waals surface area contributed by atoms with E-state index in [1.807, 2.05) is 42.5 Å². The molecule has 4 nitrogen and oxygen atoms in total. The number of halogens is 1. The van der Waals surface area contributed by atoms with E-state index >= 15 is 0 Å². The van der Waals surface area contributed by atoms with Gasteiger partial charge in [-0.1, -0.05) is 42.5 Å². The molecule has 0 saturated heterocycles. The number of aliphatic carboxylic acids is 1. The summed E-state index contributed by atoms with van der Waals surface area (Å²) in [6.07, 6.45) is 0.449. The van der Waals surface area contributed by atoms with E-state index < -0.39 is 5.97 Å². The highest BCUT2D eigenvalue weighted by atomic mass is 19.1. The number of carbonyl (C=O) groups is 1. The van der Waals surface area contributed by atoms with E-state index in [0.29, 0.717) is 23.3 Å². The lowest BCUT2D eigenvalue weighted by Crippen LogP contribution is -2.10. The van der Waals surface area contributed by atoms with Crippen molar-refractivity contribution >= 4 is 27.8 Å². The highest BCUT2D eigenvalue weighted by molar-refractivity contribution is 5.83. The fraction of sp³-hybridized carbons (Fsp3) is 0.143. The summed E-state index contributed by atoms with van der Waals surface area (Å²) in [5, 5.41) is 11.5. The molecule has 0 aliphatic heterocycles. The molecule has 0 spiro atoms. The van der Waals surface area contributed by atoms with Crippen LogP contribution in [-0.2, 0) is 11.2 Å². The van der Waals surface area contributed by atoms with Crippen LogP contribution in [0, 0.1) is 5.82 Å². The number of carboxylic acids is 1. The summed E-state index contributed by atoms with van der Waals surface area (Å²) in [5.41, 5.74) is 2.25. The molecular weight excluding hydrogens is 331 g/mol. The molecule has 1 unspecified atom stereocenters. The van der Waals surface area contributed by atoms with Gasteiger partial charge < -0.3 is 10.1 Å². The van der Waals surface area contributed by atoms with Crippen LogP contribution in [0.15, 0.2) is 60.7 Å². The zero-order valence-electron chi connectivity index (χ0n) is 13.9. The molecule has 4 aromatic rings. The van der Waals surface area contributed by atoms with E-state index in [9.17, 15) is 14.3 Å². The Bertz CT molecular complexity index is 1100. The minimum atomic E-state index is -0.856. The predicted molar refractivity (Wildman–Crippen MR) is 98.7 cm³/mol. The van der Waals surface area contributed by atoms with Crippen molar-refractivity contribution in [2.45, 2.75) is 18.8 Å². The Morgan fingerprint density at radius 3 is 2.69 bits per heavy atom. The van der Waals surface area contributed by atoms with Crippen LogP contribution in [0.2, 0.25) is 0 Å². The largest absolute Gasteiger partial charge is 0.481 e. The Kier molecular flexibility index (Phi) is 4.13. The average Bonchev–Trinajstić information content (AvgIpc) is 3.01. The van der Waals surface area contributed by atoms with Gasteiger partial charge in [0.25, 0.3) is 0 Å². The van der Waals surface area contributed by atoms with Crippen LogP contribution in [0.4, 0.5) is 4.39 Å². The highest BCUT2D eigenvalue weighted by Gasteiger charge is 2.19. The monoisotopic (exact) mass is 348 g/mol. The summed E-state index contributed by atoms with van der Waals surface area (Å²) in [6, 6.07) is 18.4. The Labute approximate surface area is 149 Å². The first-order valence-electron chi connectivity index (χ1n) is 8.43. The van der Waals surface area contributed by atoms with Gasteiger partial charge in [0.05, 0.1) is 17.5 Å². The first-order valence-corrected chi connectivity index (χ1v) is 8.43. The fourth-order valence-electron chi connectivity index (χ4n) is 3.35. The summed E-state index contributed by atoms with van der Waals surface area (Å²) in [7, 11) is 0. The third-order valence-corrected chi connectivity index (χ3v) is 4.60. The normalized spacial score (nSPS) is 12.5. The van der Waals surface area contributed by atoms with Gasteiger partial charge in [-0.05, 0) is 34.5 Å². The molecule has 5 heteroatoms. The number of fused-ring (bicyclic) bond motifs is 2. The van der Waals surface area contributed by atoms with E-state index in [1.54, 1.807) is 6.07 Å². The zero-order valence-corrected chi connectivity index (χ0v) is 13.9. The van der Waals surface area contributed by atoms with Crippen molar-refractivity contribution in [1.82, 2.24) is 9.97 Å². The van der Waals surface area contributed by atoms with Crippen molar-refractivity contribution in [1.29, 1.82) is 0 Å². The Morgan fingerprint density at radius 2 is 1.88 bits per heavy atom. The van der Waals surface area contributed by atoms with Crippen molar-refractivity contribution in [2.24, 2.45) is 0 Å². The van der Waals surface area contributed by atoms with E-state index in [1.165, 1.54) is 12.1 Å². The van der Waals surface area contributed by atoms with Crippen LogP contribution in [0.5, 0.6) is 0 Å². The number of benzene rings is 3. The van der Waals surface area contributed by atoms with Crippen molar-refractivity contribution in [3.05, 3.63) is 77.9 Å². The first kappa shape index (κ1) is 16.3. The minimum Gasteiger partial charge on any atom is -0.481 e. The molecule has 0 bridgehead atoms.